The molecule has 4 rings (SSSR count). The monoisotopic (exact) mass is 488 g/mol. The fraction of sp³-hybridized carbons (Fsp3) is 0.136. The highest BCUT2D eigenvalue weighted by atomic mass is 19.4. The molecule has 180 valence electrons. The Labute approximate surface area is 194 Å². The van der Waals surface area contributed by atoms with Gasteiger partial charge in [0, 0.05) is 11.9 Å². The third kappa shape index (κ3) is 5.03. The Hall–Kier alpha value is -4.55. The second-order valence-electron chi connectivity index (χ2n) is 7.04. The molecule has 0 radical (unpaired) electrons. The quantitative estimate of drug-likeness (QED) is 0.325. The highest BCUT2D eigenvalue weighted by molar-refractivity contribution is 6.03. The van der Waals surface area contributed by atoms with Crippen LogP contribution in [0, 0.1) is 5.82 Å². The molecule has 0 aliphatic rings. The fourth-order valence-corrected chi connectivity index (χ4v) is 3.12. The van der Waals surface area contributed by atoms with Crippen LogP contribution in [0.15, 0.2) is 60.8 Å². The minimum Gasteiger partial charge on any atom is -0.461 e. The lowest BCUT2D eigenvalue weighted by Gasteiger charge is -2.11. The summed E-state index contributed by atoms with van der Waals surface area (Å²) < 4.78 is 61.1. The Morgan fingerprint density at radius 3 is 2.29 bits per heavy atom. The van der Waals surface area contributed by atoms with Crippen molar-refractivity contribution in [1.82, 2.24) is 24.8 Å². The largest absolute Gasteiger partial charge is 0.461 e. The average molecular weight is 488 g/mol. The molecule has 0 spiro atoms. The summed E-state index contributed by atoms with van der Waals surface area (Å²) in [7, 11) is 0. The molecule has 2 heterocycles. The van der Waals surface area contributed by atoms with Crippen molar-refractivity contribution >= 4 is 17.6 Å². The van der Waals surface area contributed by atoms with Crippen LogP contribution < -0.4 is 5.32 Å². The summed E-state index contributed by atoms with van der Waals surface area (Å²) in [5.74, 6) is -2.36. The average Bonchev–Trinajstić information content (AvgIpc) is 3.48. The highest BCUT2D eigenvalue weighted by Gasteiger charge is 2.42. The number of amides is 1. The summed E-state index contributed by atoms with van der Waals surface area (Å²) in [5, 5.41) is 13.3. The number of ether oxygens (including phenoxy) is 1. The molecule has 0 saturated carbocycles. The van der Waals surface area contributed by atoms with Crippen LogP contribution in [-0.4, -0.2) is 43.3 Å². The molecule has 0 bridgehead atoms. The van der Waals surface area contributed by atoms with E-state index in [2.05, 4.69) is 20.7 Å². The van der Waals surface area contributed by atoms with Gasteiger partial charge in [0.2, 0.25) is 0 Å². The smallest absolute Gasteiger partial charge is 0.435 e. The predicted molar refractivity (Wildman–Crippen MR) is 114 cm³/mol. The first-order valence-corrected chi connectivity index (χ1v) is 10.1. The molecule has 4 aromatic rings. The van der Waals surface area contributed by atoms with Crippen molar-refractivity contribution in [2.24, 2.45) is 0 Å². The van der Waals surface area contributed by atoms with Gasteiger partial charge < -0.3 is 10.1 Å². The van der Waals surface area contributed by atoms with Gasteiger partial charge in [0.05, 0.1) is 18.0 Å². The zero-order valence-electron chi connectivity index (χ0n) is 18.0. The molecule has 1 amide bonds. The van der Waals surface area contributed by atoms with Crippen LogP contribution in [0.5, 0.6) is 0 Å². The number of nitrogens with zero attached hydrogens (tertiary/aromatic N) is 5. The van der Waals surface area contributed by atoms with Gasteiger partial charge in [-0.25, -0.2) is 18.5 Å². The Kier molecular flexibility index (Phi) is 6.32. The number of nitrogens with one attached hydrogen (secondary N) is 1. The Morgan fingerprint density at radius 2 is 1.66 bits per heavy atom. The first-order valence-electron chi connectivity index (χ1n) is 10.1. The number of aromatic nitrogens is 5. The van der Waals surface area contributed by atoms with Gasteiger partial charge in [-0.2, -0.15) is 18.3 Å². The molecule has 35 heavy (non-hydrogen) atoms. The molecular weight excluding hydrogens is 472 g/mol. The third-order valence-corrected chi connectivity index (χ3v) is 4.69. The van der Waals surface area contributed by atoms with E-state index < -0.39 is 35.3 Å². The van der Waals surface area contributed by atoms with E-state index in [1.807, 2.05) is 0 Å². The van der Waals surface area contributed by atoms with E-state index in [4.69, 9.17) is 4.74 Å². The van der Waals surface area contributed by atoms with E-state index in [0.29, 0.717) is 10.4 Å². The minimum atomic E-state index is -4.97. The first kappa shape index (κ1) is 23.6. The summed E-state index contributed by atoms with van der Waals surface area (Å²) in [6.45, 7) is 1.87. The van der Waals surface area contributed by atoms with E-state index in [-0.39, 0.29) is 23.7 Å². The van der Waals surface area contributed by atoms with Crippen LogP contribution in [0.3, 0.4) is 0 Å². The lowest BCUT2D eigenvalue weighted by molar-refractivity contribution is -0.143. The molecule has 0 unspecified atom stereocenters. The number of alkyl halides is 3. The predicted octanol–water partition coefficient (Wildman–Crippen LogP) is 4.04. The maximum absolute atomic E-state index is 13.8. The maximum atomic E-state index is 13.8. The number of carbonyl (C=O) groups is 2. The Balaban J connectivity index is 1.55. The van der Waals surface area contributed by atoms with Crippen molar-refractivity contribution < 1.29 is 31.9 Å². The number of benzene rings is 2. The molecule has 0 aliphatic carbocycles. The highest BCUT2D eigenvalue weighted by Crippen LogP contribution is 2.33. The molecule has 9 nitrogen and oxygen atoms in total. The van der Waals surface area contributed by atoms with Gasteiger partial charge in [0.25, 0.3) is 5.91 Å². The number of hydrogen-bond acceptors (Lipinski definition) is 6. The number of esters is 1. The van der Waals surface area contributed by atoms with Crippen molar-refractivity contribution in [3.05, 3.63) is 83.7 Å². The van der Waals surface area contributed by atoms with Crippen molar-refractivity contribution in [2.75, 3.05) is 11.9 Å². The Morgan fingerprint density at radius 1 is 1.00 bits per heavy atom. The molecule has 2 aromatic carbocycles. The van der Waals surface area contributed by atoms with Crippen LogP contribution in [0.25, 0.3) is 11.4 Å². The summed E-state index contributed by atoms with van der Waals surface area (Å²) in [6.07, 6.45) is -3.44. The van der Waals surface area contributed by atoms with E-state index in [1.54, 1.807) is 6.92 Å². The molecule has 0 saturated heterocycles. The van der Waals surface area contributed by atoms with Crippen LogP contribution in [0.1, 0.15) is 33.6 Å². The van der Waals surface area contributed by atoms with Crippen molar-refractivity contribution in [3.63, 3.8) is 0 Å². The van der Waals surface area contributed by atoms with Crippen LogP contribution in [-0.2, 0) is 10.9 Å². The normalized spacial score (nSPS) is 11.3. The first-order chi connectivity index (χ1) is 16.7. The van der Waals surface area contributed by atoms with Gasteiger partial charge in [0.1, 0.15) is 5.82 Å². The van der Waals surface area contributed by atoms with Gasteiger partial charge in [0.15, 0.2) is 17.1 Å². The summed E-state index contributed by atoms with van der Waals surface area (Å²) in [5.41, 5.74) is -1.65. The zero-order valence-corrected chi connectivity index (χ0v) is 18.0. The van der Waals surface area contributed by atoms with Gasteiger partial charge in [-0.1, -0.05) is 5.21 Å². The zero-order chi connectivity index (χ0) is 25.2. The van der Waals surface area contributed by atoms with Crippen molar-refractivity contribution in [3.8, 4) is 11.4 Å². The number of rotatable bonds is 6. The summed E-state index contributed by atoms with van der Waals surface area (Å²) in [6, 6.07) is 11.5. The molecule has 0 aliphatic heterocycles. The van der Waals surface area contributed by atoms with Crippen LogP contribution in [0.2, 0.25) is 0 Å². The van der Waals surface area contributed by atoms with E-state index in [0.717, 1.165) is 24.3 Å². The fourth-order valence-electron chi connectivity index (χ4n) is 3.12. The molecule has 0 fully saturated rings. The van der Waals surface area contributed by atoms with Gasteiger partial charge >= 0.3 is 12.1 Å². The van der Waals surface area contributed by atoms with Gasteiger partial charge in [-0.3, -0.25) is 4.79 Å². The summed E-state index contributed by atoms with van der Waals surface area (Å²) in [4.78, 5) is 24.4. The van der Waals surface area contributed by atoms with Crippen molar-refractivity contribution in [2.45, 2.75) is 13.1 Å². The van der Waals surface area contributed by atoms with Crippen molar-refractivity contribution in [1.29, 1.82) is 0 Å². The minimum absolute atomic E-state index is 0.105. The topological polar surface area (TPSA) is 104 Å². The lowest BCUT2D eigenvalue weighted by atomic mass is 10.2. The number of carbonyl (C=O) groups excluding carboxylic acids is 2. The van der Waals surface area contributed by atoms with Gasteiger partial charge in [-0.05, 0) is 61.5 Å². The summed E-state index contributed by atoms with van der Waals surface area (Å²) >= 11 is 0. The second kappa shape index (κ2) is 9.37. The van der Waals surface area contributed by atoms with E-state index in [9.17, 15) is 27.2 Å². The number of halogens is 4. The van der Waals surface area contributed by atoms with Crippen LogP contribution >= 0.6 is 0 Å². The molecule has 2 aromatic heterocycles. The Bertz CT molecular complexity index is 1360. The number of hydrogen-bond donors (Lipinski definition) is 1. The van der Waals surface area contributed by atoms with Crippen LogP contribution in [0.4, 0.5) is 23.2 Å². The standard InChI is InChI=1S/C22H16F4N6O3/c1-2-35-21(34)17-11-12-31(29-17)15-9-5-14(6-10-15)27-20(33)18-19(22(24,25)26)32(30-28-18)16-7-3-13(23)4-8-16/h3-12H,2H2,1H3,(H,27,33). The SMILES string of the molecule is CCOC(=O)c1ccn(-c2ccc(NC(=O)c3nnn(-c4ccc(F)cc4)c3C(F)(F)F)cc2)n1. The second-order valence-corrected chi connectivity index (χ2v) is 7.04. The molecular formula is C22H16F4N6O3. The molecule has 13 heteroatoms. The third-order valence-electron chi connectivity index (χ3n) is 4.69. The van der Waals surface area contributed by atoms with Gasteiger partial charge in [-0.15, -0.1) is 5.10 Å². The maximum Gasteiger partial charge on any atom is 0.435 e. The van der Waals surface area contributed by atoms with E-state index >= 15 is 0 Å². The molecule has 0 atom stereocenters. The molecule has 1 N–H and O–H groups in total. The van der Waals surface area contributed by atoms with E-state index in [1.165, 1.54) is 41.2 Å². The number of anilines is 1. The lowest BCUT2D eigenvalue weighted by Crippen LogP contribution is -2.21.